The molecule has 13 heavy (non-hydrogen) atoms. The van der Waals surface area contributed by atoms with Gasteiger partial charge in [0, 0.05) is 47.7 Å². The Kier molecular flexibility index (Phi) is 4.11. The highest BCUT2D eigenvalue weighted by molar-refractivity contribution is 7.84. The summed E-state index contributed by atoms with van der Waals surface area (Å²) in [4.78, 5) is 4.03. The van der Waals surface area contributed by atoms with Crippen LogP contribution in [0.4, 0.5) is 0 Å². The van der Waals surface area contributed by atoms with Crippen molar-refractivity contribution in [2.45, 2.75) is 13.0 Å². The van der Waals surface area contributed by atoms with E-state index >= 15 is 0 Å². The van der Waals surface area contributed by atoms with E-state index in [9.17, 15) is 4.21 Å². The molecule has 1 aromatic rings. The molecule has 0 amide bonds. The summed E-state index contributed by atoms with van der Waals surface area (Å²) in [5.74, 6) is 0.675. The molecule has 2 N–H and O–H groups in total. The van der Waals surface area contributed by atoms with E-state index in [1.54, 1.807) is 12.6 Å². The Morgan fingerprint density at radius 1 is 1.69 bits per heavy atom. The molecule has 0 saturated carbocycles. The Hall–Kier alpha value is -0.680. The Morgan fingerprint density at radius 2 is 2.46 bits per heavy atom. The number of aryl methyl sites for hydroxylation is 1. The lowest BCUT2D eigenvalue weighted by Gasteiger charge is -2.05. The van der Waals surface area contributed by atoms with Crippen LogP contribution in [0.3, 0.4) is 0 Å². The van der Waals surface area contributed by atoms with E-state index in [1.165, 1.54) is 0 Å². The first-order chi connectivity index (χ1) is 6.24. The monoisotopic (exact) mass is 201 g/mol. The van der Waals surface area contributed by atoms with Gasteiger partial charge in [0.2, 0.25) is 0 Å². The number of hydrogen-bond donors (Lipinski definition) is 1. The van der Waals surface area contributed by atoms with E-state index in [0.29, 0.717) is 12.3 Å². The molecule has 0 aromatic carbocycles. The third-order valence-corrected chi connectivity index (χ3v) is 2.58. The van der Waals surface area contributed by atoms with Crippen LogP contribution in [-0.2, 0) is 23.8 Å². The Labute approximate surface area is 80.6 Å². The molecule has 0 bridgehead atoms. The van der Waals surface area contributed by atoms with E-state index in [1.807, 2.05) is 10.8 Å². The summed E-state index contributed by atoms with van der Waals surface area (Å²) in [5.41, 5.74) is 6.56. The van der Waals surface area contributed by atoms with Crippen LogP contribution in [0, 0.1) is 0 Å². The van der Waals surface area contributed by atoms with Crippen LogP contribution in [0.5, 0.6) is 0 Å². The molecule has 1 heterocycles. The molecule has 4 nitrogen and oxygen atoms in total. The van der Waals surface area contributed by atoms with E-state index < -0.39 is 10.8 Å². The van der Waals surface area contributed by atoms with Crippen molar-refractivity contribution >= 4 is 10.8 Å². The van der Waals surface area contributed by atoms with Gasteiger partial charge >= 0.3 is 0 Å². The second-order valence-electron chi connectivity index (χ2n) is 2.89. The van der Waals surface area contributed by atoms with Gasteiger partial charge in [-0.1, -0.05) is 0 Å². The molecule has 1 rings (SSSR count). The highest BCUT2D eigenvalue weighted by Crippen LogP contribution is 1.99. The summed E-state index contributed by atoms with van der Waals surface area (Å²) in [6.45, 7) is 1.39. The maximum Gasteiger partial charge on any atom is 0.0948 e. The number of imidazole rings is 1. The van der Waals surface area contributed by atoms with E-state index in [4.69, 9.17) is 5.73 Å². The lowest BCUT2D eigenvalue weighted by atomic mass is 10.3. The van der Waals surface area contributed by atoms with Gasteiger partial charge < -0.3 is 10.3 Å². The fourth-order valence-electron chi connectivity index (χ4n) is 1.13. The minimum Gasteiger partial charge on any atom is -0.334 e. The molecule has 1 aromatic heterocycles. The minimum absolute atomic E-state index is 0.626. The second-order valence-corrected chi connectivity index (χ2v) is 4.45. The molecule has 0 aliphatic heterocycles. The summed E-state index contributed by atoms with van der Waals surface area (Å²) in [6, 6.07) is 0. The van der Waals surface area contributed by atoms with Crippen molar-refractivity contribution in [2.24, 2.45) is 5.73 Å². The second kappa shape index (κ2) is 5.14. The Bertz CT molecular complexity index is 285. The van der Waals surface area contributed by atoms with Crippen molar-refractivity contribution in [3.8, 4) is 0 Å². The van der Waals surface area contributed by atoms with Crippen molar-refractivity contribution in [3.05, 3.63) is 18.2 Å². The highest BCUT2D eigenvalue weighted by atomic mass is 32.2. The fraction of sp³-hybridized carbons (Fsp3) is 0.625. The third kappa shape index (κ3) is 3.28. The van der Waals surface area contributed by atoms with Crippen molar-refractivity contribution in [1.29, 1.82) is 0 Å². The van der Waals surface area contributed by atoms with Crippen LogP contribution in [0.2, 0.25) is 0 Å². The summed E-state index contributed by atoms with van der Waals surface area (Å²) in [5, 5.41) is 0. The maximum absolute atomic E-state index is 10.9. The predicted octanol–water partition coefficient (Wildman–Crippen LogP) is -0.237. The molecule has 0 aliphatic carbocycles. The molecule has 0 spiro atoms. The van der Waals surface area contributed by atoms with Gasteiger partial charge in [-0.05, 0) is 6.54 Å². The summed E-state index contributed by atoms with van der Waals surface area (Å²) in [7, 11) is -0.742. The van der Waals surface area contributed by atoms with Crippen molar-refractivity contribution < 1.29 is 4.21 Å². The van der Waals surface area contributed by atoms with Gasteiger partial charge in [-0.3, -0.25) is 4.21 Å². The first-order valence-corrected chi connectivity index (χ1v) is 5.96. The van der Waals surface area contributed by atoms with Crippen LogP contribution >= 0.6 is 0 Å². The molecule has 0 radical (unpaired) electrons. The lowest BCUT2D eigenvalue weighted by molar-refractivity contribution is 0.669. The standard InChI is InChI=1S/C8H15N3OS/c1-13(12)5-4-11-7-10-6-8(11)2-3-9/h6-7H,2-5,9H2,1H3. The number of aromatic nitrogens is 2. The van der Waals surface area contributed by atoms with Gasteiger partial charge in [-0.2, -0.15) is 0 Å². The zero-order chi connectivity index (χ0) is 9.68. The van der Waals surface area contributed by atoms with Crippen molar-refractivity contribution in [2.75, 3.05) is 18.6 Å². The molecule has 0 aliphatic rings. The molecule has 1 unspecified atom stereocenters. The summed E-state index contributed by atoms with van der Waals surface area (Å²) < 4.78 is 12.9. The average Bonchev–Trinajstić information content (AvgIpc) is 2.49. The van der Waals surface area contributed by atoms with Gasteiger partial charge in [0.15, 0.2) is 0 Å². The normalized spacial score (nSPS) is 13.1. The lowest BCUT2D eigenvalue weighted by Crippen LogP contribution is -2.11. The molecule has 0 saturated heterocycles. The van der Waals surface area contributed by atoms with Gasteiger partial charge in [0.1, 0.15) is 0 Å². The van der Waals surface area contributed by atoms with E-state index in [0.717, 1.165) is 18.7 Å². The molecule has 5 heteroatoms. The smallest absolute Gasteiger partial charge is 0.0948 e. The first-order valence-electron chi connectivity index (χ1n) is 4.23. The maximum atomic E-state index is 10.9. The van der Waals surface area contributed by atoms with E-state index in [2.05, 4.69) is 4.98 Å². The molecule has 74 valence electrons. The predicted molar refractivity (Wildman–Crippen MR) is 53.9 cm³/mol. The van der Waals surface area contributed by atoms with Crippen LogP contribution in [0.1, 0.15) is 5.69 Å². The summed E-state index contributed by atoms with van der Waals surface area (Å²) >= 11 is 0. The van der Waals surface area contributed by atoms with Gasteiger partial charge in [-0.15, -0.1) is 0 Å². The van der Waals surface area contributed by atoms with Crippen molar-refractivity contribution in [3.63, 3.8) is 0 Å². The zero-order valence-electron chi connectivity index (χ0n) is 7.77. The minimum atomic E-state index is -0.742. The van der Waals surface area contributed by atoms with Gasteiger partial charge in [-0.25, -0.2) is 4.98 Å². The number of nitrogens with two attached hydrogens (primary N) is 1. The van der Waals surface area contributed by atoms with Gasteiger partial charge in [0.05, 0.1) is 6.33 Å². The van der Waals surface area contributed by atoms with E-state index in [-0.39, 0.29) is 0 Å². The SMILES string of the molecule is CS(=O)CCn1cncc1CCN. The van der Waals surface area contributed by atoms with Crippen LogP contribution in [0.25, 0.3) is 0 Å². The number of nitrogens with zero attached hydrogens (tertiary/aromatic N) is 2. The Morgan fingerprint density at radius 3 is 3.08 bits per heavy atom. The quantitative estimate of drug-likeness (QED) is 0.715. The average molecular weight is 201 g/mol. The Balaban J connectivity index is 2.54. The number of rotatable bonds is 5. The van der Waals surface area contributed by atoms with Gasteiger partial charge in [0.25, 0.3) is 0 Å². The highest BCUT2D eigenvalue weighted by Gasteiger charge is 2.01. The molecular formula is C8H15N3OS. The number of hydrogen-bond acceptors (Lipinski definition) is 3. The van der Waals surface area contributed by atoms with Crippen molar-refractivity contribution in [1.82, 2.24) is 9.55 Å². The first kappa shape index (κ1) is 10.4. The molecule has 0 fully saturated rings. The van der Waals surface area contributed by atoms with Crippen LogP contribution in [0.15, 0.2) is 12.5 Å². The molecular weight excluding hydrogens is 186 g/mol. The molecule has 1 atom stereocenters. The van der Waals surface area contributed by atoms with Crippen LogP contribution < -0.4 is 5.73 Å². The topological polar surface area (TPSA) is 60.9 Å². The summed E-state index contributed by atoms with van der Waals surface area (Å²) in [6.07, 6.45) is 6.11. The third-order valence-electron chi connectivity index (χ3n) is 1.82. The zero-order valence-corrected chi connectivity index (χ0v) is 8.59. The van der Waals surface area contributed by atoms with Crippen LogP contribution in [-0.4, -0.2) is 32.3 Å². The largest absolute Gasteiger partial charge is 0.334 e. The fourth-order valence-corrected chi connectivity index (χ4v) is 1.59.